The molecule has 0 aliphatic heterocycles. The molecular weight excluding hydrogens is 388 g/mol. The number of aliphatic hydroxyl groups excluding tert-OH is 1. The highest BCUT2D eigenvalue weighted by molar-refractivity contribution is 5.84. The minimum absolute atomic E-state index is 0.0138. The van der Waals surface area contributed by atoms with Gasteiger partial charge in [0.1, 0.15) is 5.78 Å². The van der Waals surface area contributed by atoms with Gasteiger partial charge < -0.3 is 10.2 Å². The minimum Gasteiger partial charge on any atom is -0.481 e. The van der Waals surface area contributed by atoms with Crippen LogP contribution in [-0.4, -0.2) is 28.1 Å². The molecule has 4 aliphatic rings. The molecule has 0 aromatic carbocycles. The molecule has 0 spiro atoms. The Morgan fingerprint density at radius 3 is 2.35 bits per heavy atom. The van der Waals surface area contributed by atoms with Crippen molar-refractivity contribution in [3.63, 3.8) is 0 Å². The summed E-state index contributed by atoms with van der Waals surface area (Å²) in [6, 6.07) is 0. The molecule has 0 aromatic rings. The molecule has 4 saturated carbocycles. The second kappa shape index (κ2) is 7.30. The van der Waals surface area contributed by atoms with E-state index in [-0.39, 0.29) is 40.1 Å². The van der Waals surface area contributed by atoms with E-state index in [1.54, 1.807) is 0 Å². The quantitative estimate of drug-likeness (QED) is 0.596. The van der Waals surface area contributed by atoms with Crippen LogP contribution in [0.2, 0.25) is 0 Å². The third kappa shape index (κ3) is 3.09. The Hall–Kier alpha value is -0.900. The third-order valence-electron chi connectivity index (χ3n) is 11.7. The minimum atomic E-state index is -0.717. The van der Waals surface area contributed by atoms with Crippen LogP contribution in [0.15, 0.2) is 0 Å². The number of fused-ring (bicyclic) bond motifs is 5. The predicted octanol–water partition coefficient (Wildman–Crippen LogP) is 5.71. The van der Waals surface area contributed by atoms with Gasteiger partial charge in [-0.15, -0.1) is 0 Å². The summed E-state index contributed by atoms with van der Waals surface area (Å²) < 4.78 is 0. The van der Waals surface area contributed by atoms with Crippen LogP contribution in [-0.2, 0) is 9.59 Å². The summed E-state index contributed by atoms with van der Waals surface area (Å²) in [5, 5.41) is 19.9. The number of aliphatic carboxylic acids is 1. The van der Waals surface area contributed by atoms with Gasteiger partial charge in [0.2, 0.25) is 0 Å². The average Bonchev–Trinajstić information content (AvgIpc) is 2.94. The number of aliphatic hydroxyl groups is 1. The fraction of sp³-hybridized carbons (Fsp3) is 0.926. The van der Waals surface area contributed by atoms with Crippen molar-refractivity contribution < 1.29 is 19.8 Å². The lowest BCUT2D eigenvalue weighted by Crippen LogP contribution is -2.64. The molecule has 4 nitrogen and oxygen atoms in total. The zero-order valence-corrected chi connectivity index (χ0v) is 20.5. The van der Waals surface area contributed by atoms with Gasteiger partial charge in [-0.25, -0.2) is 0 Å². The maximum absolute atomic E-state index is 13.9. The van der Waals surface area contributed by atoms with Gasteiger partial charge in [-0.3, -0.25) is 9.59 Å². The van der Waals surface area contributed by atoms with Gasteiger partial charge in [-0.05, 0) is 90.3 Å². The highest BCUT2D eigenvalue weighted by Crippen LogP contribution is 2.73. The summed E-state index contributed by atoms with van der Waals surface area (Å²) in [4.78, 5) is 25.1. The van der Waals surface area contributed by atoms with E-state index in [0.717, 1.165) is 38.5 Å². The number of carbonyl (C=O) groups is 2. The average molecular weight is 433 g/mol. The summed E-state index contributed by atoms with van der Waals surface area (Å²) in [6.45, 7) is 13.8. The summed E-state index contributed by atoms with van der Waals surface area (Å²) in [5.74, 6) is 1.44. The topological polar surface area (TPSA) is 74.6 Å². The molecule has 0 heterocycles. The Morgan fingerprint density at radius 2 is 1.71 bits per heavy atom. The van der Waals surface area contributed by atoms with Crippen molar-refractivity contribution in [3.8, 4) is 0 Å². The number of carboxylic acids is 1. The molecule has 176 valence electrons. The van der Waals surface area contributed by atoms with Crippen LogP contribution in [0, 0.1) is 51.2 Å². The molecule has 31 heavy (non-hydrogen) atoms. The Labute approximate surface area is 188 Å². The van der Waals surface area contributed by atoms with Crippen LogP contribution in [0.25, 0.3) is 0 Å². The predicted molar refractivity (Wildman–Crippen MR) is 121 cm³/mol. The first-order chi connectivity index (χ1) is 14.3. The Kier molecular flexibility index (Phi) is 5.48. The van der Waals surface area contributed by atoms with Crippen molar-refractivity contribution in [3.05, 3.63) is 0 Å². The highest BCUT2D eigenvalue weighted by Gasteiger charge is 2.69. The lowest BCUT2D eigenvalue weighted by Gasteiger charge is -2.66. The molecule has 4 rings (SSSR count). The molecule has 0 bridgehead atoms. The normalized spacial score (nSPS) is 49.6. The fourth-order valence-electron chi connectivity index (χ4n) is 9.76. The van der Waals surface area contributed by atoms with E-state index < -0.39 is 5.97 Å². The molecular formula is C27H44O4. The zero-order chi connectivity index (χ0) is 23.0. The highest BCUT2D eigenvalue weighted by atomic mass is 16.4. The number of rotatable bonds is 4. The second-order valence-corrected chi connectivity index (χ2v) is 13.1. The monoisotopic (exact) mass is 432 g/mol. The molecule has 0 saturated heterocycles. The fourth-order valence-corrected chi connectivity index (χ4v) is 9.76. The van der Waals surface area contributed by atoms with Crippen LogP contribution >= 0.6 is 0 Å². The standard InChI is InChI=1S/C27H44O4/c1-16(7-10-22(30)31)17-11-14-26(5)18-8-9-20-24(2,3)21(29)12-13-25(20,4)23(18)19(28)15-27(17,26)6/h16-18,20-21,23,29H,7-15H2,1-6H3,(H,30,31)/t16-,17-,18-,20+,21+,23-,25+,26+,27-/m1/s1. The molecule has 4 fully saturated rings. The summed E-state index contributed by atoms with van der Waals surface area (Å²) >= 11 is 0. The maximum Gasteiger partial charge on any atom is 0.303 e. The van der Waals surface area contributed by atoms with E-state index in [1.165, 1.54) is 0 Å². The van der Waals surface area contributed by atoms with Crippen molar-refractivity contribution in [1.29, 1.82) is 0 Å². The van der Waals surface area contributed by atoms with E-state index in [2.05, 4.69) is 41.5 Å². The first-order valence-corrected chi connectivity index (χ1v) is 12.7. The number of carbonyl (C=O) groups excluding carboxylic acids is 1. The number of hydrogen-bond donors (Lipinski definition) is 2. The molecule has 0 radical (unpaired) electrons. The van der Waals surface area contributed by atoms with Gasteiger partial charge in [0, 0.05) is 18.8 Å². The Balaban J connectivity index is 1.66. The summed E-state index contributed by atoms with van der Waals surface area (Å²) in [5.41, 5.74) is -0.0402. The van der Waals surface area contributed by atoms with E-state index >= 15 is 0 Å². The lowest BCUT2D eigenvalue weighted by molar-refractivity contribution is -0.200. The van der Waals surface area contributed by atoms with E-state index in [1.807, 2.05) is 0 Å². The lowest BCUT2D eigenvalue weighted by atomic mass is 9.37. The van der Waals surface area contributed by atoms with Gasteiger partial charge in [0.05, 0.1) is 6.10 Å². The van der Waals surface area contributed by atoms with Crippen molar-refractivity contribution in [2.45, 2.75) is 105 Å². The maximum atomic E-state index is 13.9. The van der Waals surface area contributed by atoms with Gasteiger partial charge >= 0.3 is 5.97 Å². The van der Waals surface area contributed by atoms with Gasteiger partial charge in [-0.2, -0.15) is 0 Å². The number of carboxylic acid groups (broad SMARTS) is 1. The largest absolute Gasteiger partial charge is 0.481 e. The smallest absolute Gasteiger partial charge is 0.303 e. The summed E-state index contributed by atoms with van der Waals surface area (Å²) in [6.07, 6.45) is 7.56. The molecule has 4 heteroatoms. The Morgan fingerprint density at radius 1 is 1.03 bits per heavy atom. The van der Waals surface area contributed by atoms with Crippen molar-refractivity contribution >= 4 is 11.8 Å². The SMILES string of the molecule is C[C@H](CCC(=O)O)[C@H]1CC[C@@]2(C)[C@@H]3CC[C@H]4C(C)(C)[C@@H](O)CC[C@]4(C)[C@H]3C(=O)C[C@]12C. The molecule has 0 aromatic heterocycles. The van der Waals surface area contributed by atoms with Crippen LogP contribution in [0.5, 0.6) is 0 Å². The van der Waals surface area contributed by atoms with Crippen molar-refractivity contribution in [2.24, 2.45) is 51.2 Å². The first-order valence-electron chi connectivity index (χ1n) is 12.7. The van der Waals surface area contributed by atoms with Crippen LogP contribution in [0.4, 0.5) is 0 Å². The Bertz CT molecular complexity index is 758. The number of hydrogen-bond acceptors (Lipinski definition) is 3. The van der Waals surface area contributed by atoms with Crippen molar-refractivity contribution in [1.82, 2.24) is 0 Å². The van der Waals surface area contributed by atoms with Gasteiger partial charge in [0.25, 0.3) is 0 Å². The zero-order valence-electron chi connectivity index (χ0n) is 20.5. The molecule has 0 amide bonds. The van der Waals surface area contributed by atoms with E-state index in [0.29, 0.717) is 42.3 Å². The van der Waals surface area contributed by atoms with Crippen molar-refractivity contribution in [2.75, 3.05) is 0 Å². The van der Waals surface area contributed by atoms with E-state index in [9.17, 15) is 19.8 Å². The first kappa shape index (κ1) is 23.3. The van der Waals surface area contributed by atoms with Gasteiger partial charge in [0.15, 0.2) is 0 Å². The van der Waals surface area contributed by atoms with Crippen LogP contribution in [0.3, 0.4) is 0 Å². The van der Waals surface area contributed by atoms with Gasteiger partial charge in [-0.1, -0.05) is 41.5 Å². The molecule has 2 N–H and O–H groups in total. The van der Waals surface area contributed by atoms with Crippen LogP contribution < -0.4 is 0 Å². The summed E-state index contributed by atoms with van der Waals surface area (Å²) in [7, 11) is 0. The third-order valence-corrected chi connectivity index (χ3v) is 11.7. The number of Topliss-reactive ketones (excluding diaryl/α,β-unsaturated/α-hetero) is 1. The second-order valence-electron chi connectivity index (χ2n) is 13.1. The molecule has 0 unspecified atom stereocenters. The van der Waals surface area contributed by atoms with E-state index in [4.69, 9.17) is 0 Å². The molecule has 9 atom stereocenters. The molecule has 4 aliphatic carbocycles. The number of ketones is 1. The van der Waals surface area contributed by atoms with Crippen LogP contribution in [0.1, 0.15) is 99.3 Å².